The second-order valence-corrected chi connectivity index (χ2v) is 8.86. The predicted octanol–water partition coefficient (Wildman–Crippen LogP) is 1.94. The van der Waals surface area contributed by atoms with E-state index in [0.29, 0.717) is 37.0 Å². The minimum atomic E-state index is -3.47. The number of piperazine rings is 1. The summed E-state index contributed by atoms with van der Waals surface area (Å²) in [5, 5.41) is 0. The van der Waals surface area contributed by atoms with Crippen molar-refractivity contribution in [3.8, 4) is 0 Å². The van der Waals surface area contributed by atoms with Crippen molar-refractivity contribution in [2.75, 3.05) is 26.2 Å². The van der Waals surface area contributed by atoms with E-state index in [1.165, 1.54) is 4.31 Å². The van der Waals surface area contributed by atoms with Crippen molar-refractivity contribution in [3.63, 3.8) is 0 Å². The molecule has 5 nitrogen and oxygen atoms in total. The van der Waals surface area contributed by atoms with Gasteiger partial charge in [0.25, 0.3) is 0 Å². The first kappa shape index (κ1) is 16.0. The van der Waals surface area contributed by atoms with E-state index in [0.717, 1.165) is 10.9 Å². The van der Waals surface area contributed by atoms with Crippen LogP contribution in [-0.2, 0) is 14.8 Å². The Kier molecular flexibility index (Phi) is 4.31. The molecule has 1 aromatic rings. The molecule has 1 aromatic carbocycles. The molecule has 3 rings (SSSR count). The van der Waals surface area contributed by atoms with Crippen molar-refractivity contribution in [2.24, 2.45) is 11.8 Å². The molecule has 2 atom stereocenters. The summed E-state index contributed by atoms with van der Waals surface area (Å²) in [5.41, 5.74) is 0. The maximum Gasteiger partial charge on any atom is 0.243 e. The van der Waals surface area contributed by atoms with Crippen LogP contribution in [0.15, 0.2) is 33.6 Å². The van der Waals surface area contributed by atoms with E-state index in [1.807, 2.05) is 4.90 Å². The van der Waals surface area contributed by atoms with Gasteiger partial charge in [-0.05, 0) is 36.6 Å². The van der Waals surface area contributed by atoms with Gasteiger partial charge in [-0.25, -0.2) is 8.42 Å². The van der Waals surface area contributed by atoms with Gasteiger partial charge in [-0.1, -0.05) is 22.9 Å². The third kappa shape index (κ3) is 3.07. The molecule has 0 unspecified atom stereocenters. The number of sulfonamides is 1. The van der Waals surface area contributed by atoms with E-state index >= 15 is 0 Å². The van der Waals surface area contributed by atoms with Crippen LogP contribution in [0.5, 0.6) is 0 Å². The molecule has 0 bridgehead atoms. The van der Waals surface area contributed by atoms with Crippen LogP contribution in [-0.4, -0.2) is 49.7 Å². The minimum Gasteiger partial charge on any atom is -0.340 e. The summed E-state index contributed by atoms with van der Waals surface area (Å²) in [6.07, 6.45) is 0.968. The largest absolute Gasteiger partial charge is 0.340 e. The second-order valence-electron chi connectivity index (χ2n) is 6.00. The SMILES string of the molecule is C[C@@H]1C[C@H]1C(=O)N1CCN(S(=O)(=O)c2ccc(Br)cc2)CC1. The van der Waals surface area contributed by atoms with Crippen LogP contribution in [0, 0.1) is 11.8 Å². The zero-order chi connectivity index (χ0) is 15.9. The topological polar surface area (TPSA) is 57.7 Å². The fraction of sp³-hybridized carbons (Fsp3) is 0.533. The number of halogens is 1. The summed E-state index contributed by atoms with van der Waals surface area (Å²) in [6.45, 7) is 3.78. The molecule has 1 aliphatic carbocycles. The van der Waals surface area contributed by atoms with Gasteiger partial charge in [0.15, 0.2) is 0 Å². The Morgan fingerprint density at radius 3 is 2.18 bits per heavy atom. The van der Waals surface area contributed by atoms with E-state index in [2.05, 4.69) is 22.9 Å². The van der Waals surface area contributed by atoms with Gasteiger partial charge < -0.3 is 4.90 Å². The molecule has 0 radical (unpaired) electrons. The molecule has 120 valence electrons. The first-order valence-corrected chi connectivity index (χ1v) is 9.67. The van der Waals surface area contributed by atoms with Gasteiger partial charge >= 0.3 is 0 Å². The number of hydrogen-bond donors (Lipinski definition) is 0. The standard InChI is InChI=1S/C15H19BrN2O3S/c1-11-10-14(11)15(19)17-6-8-18(9-7-17)22(20,21)13-4-2-12(16)3-5-13/h2-5,11,14H,6-10H2,1H3/t11-,14-/m1/s1. The summed E-state index contributed by atoms with van der Waals surface area (Å²) >= 11 is 3.30. The third-order valence-electron chi connectivity index (χ3n) is 4.43. The first-order valence-electron chi connectivity index (χ1n) is 7.44. The number of carbonyl (C=O) groups excluding carboxylic acids is 1. The number of rotatable bonds is 3. The highest BCUT2D eigenvalue weighted by Crippen LogP contribution is 2.39. The normalized spacial score (nSPS) is 26.0. The zero-order valence-electron chi connectivity index (χ0n) is 12.4. The molecule has 0 spiro atoms. The molecule has 2 aliphatic rings. The van der Waals surface area contributed by atoms with E-state index in [9.17, 15) is 13.2 Å². The Bertz CT molecular complexity index is 667. The second kappa shape index (κ2) is 5.94. The lowest BCUT2D eigenvalue weighted by atomic mass is 10.2. The minimum absolute atomic E-state index is 0.162. The Hall–Kier alpha value is -0.920. The molecule has 1 saturated carbocycles. The molecule has 1 heterocycles. The van der Waals surface area contributed by atoms with Gasteiger partial charge in [-0.15, -0.1) is 0 Å². The lowest BCUT2D eigenvalue weighted by molar-refractivity contribution is -0.134. The molecule has 7 heteroatoms. The highest BCUT2D eigenvalue weighted by molar-refractivity contribution is 9.10. The summed E-state index contributed by atoms with van der Waals surface area (Å²) in [6, 6.07) is 6.65. The Balaban J connectivity index is 1.65. The molecule has 2 fully saturated rings. The van der Waals surface area contributed by atoms with Gasteiger partial charge in [0.05, 0.1) is 4.90 Å². The van der Waals surface area contributed by atoms with Crippen molar-refractivity contribution < 1.29 is 13.2 Å². The third-order valence-corrected chi connectivity index (χ3v) is 6.87. The van der Waals surface area contributed by atoms with Crippen molar-refractivity contribution in [1.82, 2.24) is 9.21 Å². The summed E-state index contributed by atoms with van der Waals surface area (Å²) in [5.74, 6) is 0.833. The molecule has 1 amide bonds. The smallest absolute Gasteiger partial charge is 0.243 e. The van der Waals surface area contributed by atoms with E-state index in [-0.39, 0.29) is 11.8 Å². The van der Waals surface area contributed by atoms with Crippen molar-refractivity contribution in [3.05, 3.63) is 28.7 Å². The zero-order valence-corrected chi connectivity index (χ0v) is 14.8. The summed E-state index contributed by atoms with van der Waals surface area (Å²) in [7, 11) is -3.47. The number of benzene rings is 1. The average Bonchev–Trinajstić information content (AvgIpc) is 3.24. The monoisotopic (exact) mass is 386 g/mol. The molecular formula is C15H19BrN2O3S. The van der Waals surface area contributed by atoms with E-state index < -0.39 is 10.0 Å². The Labute approximate surface area is 139 Å². The van der Waals surface area contributed by atoms with Gasteiger partial charge in [0, 0.05) is 36.6 Å². The lowest BCUT2D eigenvalue weighted by Gasteiger charge is -2.34. The quantitative estimate of drug-likeness (QED) is 0.797. The molecule has 0 N–H and O–H groups in total. The van der Waals surface area contributed by atoms with E-state index in [1.54, 1.807) is 24.3 Å². The number of carbonyl (C=O) groups is 1. The molecule has 1 saturated heterocycles. The van der Waals surface area contributed by atoms with Crippen molar-refractivity contribution in [2.45, 2.75) is 18.2 Å². The van der Waals surface area contributed by atoms with Gasteiger partial charge in [-0.3, -0.25) is 4.79 Å². The average molecular weight is 387 g/mol. The fourth-order valence-corrected chi connectivity index (χ4v) is 4.49. The van der Waals surface area contributed by atoms with Crippen LogP contribution in [0.1, 0.15) is 13.3 Å². The first-order chi connectivity index (χ1) is 10.4. The maximum absolute atomic E-state index is 12.6. The highest BCUT2D eigenvalue weighted by atomic mass is 79.9. The van der Waals surface area contributed by atoms with Crippen LogP contribution in [0.3, 0.4) is 0 Å². The van der Waals surface area contributed by atoms with Gasteiger partial charge in [-0.2, -0.15) is 4.31 Å². The van der Waals surface area contributed by atoms with Crippen LogP contribution in [0.2, 0.25) is 0 Å². The lowest BCUT2D eigenvalue weighted by Crippen LogP contribution is -2.51. The number of amides is 1. The van der Waals surface area contributed by atoms with Crippen LogP contribution < -0.4 is 0 Å². The van der Waals surface area contributed by atoms with Crippen LogP contribution in [0.4, 0.5) is 0 Å². The van der Waals surface area contributed by atoms with Crippen LogP contribution in [0.25, 0.3) is 0 Å². The predicted molar refractivity (Wildman–Crippen MR) is 86.8 cm³/mol. The summed E-state index contributed by atoms with van der Waals surface area (Å²) < 4.78 is 27.5. The number of hydrogen-bond acceptors (Lipinski definition) is 3. The van der Waals surface area contributed by atoms with Crippen LogP contribution >= 0.6 is 15.9 Å². The van der Waals surface area contributed by atoms with Crippen molar-refractivity contribution >= 4 is 31.9 Å². The highest BCUT2D eigenvalue weighted by Gasteiger charge is 2.42. The van der Waals surface area contributed by atoms with Gasteiger partial charge in [0.2, 0.25) is 15.9 Å². The van der Waals surface area contributed by atoms with Crippen molar-refractivity contribution in [1.29, 1.82) is 0 Å². The van der Waals surface area contributed by atoms with Gasteiger partial charge in [0.1, 0.15) is 0 Å². The molecule has 1 aliphatic heterocycles. The molecule has 22 heavy (non-hydrogen) atoms. The summed E-state index contributed by atoms with van der Waals surface area (Å²) in [4.78, 5) is 14.3. The molecular weight excluding hydrogens is 368 g/mol. The van der Waals surface area contributed by atoms with E-state index in [4.69, 9.17) is 0 Å². The Morgan fingerprint density at radius 1 is 1.14 bits per heavy atom. The molecule has 0 aromatic heterocycles. The number of nitrogens with zero attached hydrogens (tertiary/aromatic N) is 2. The maximum atomic E-state index is 12.6. The fourth-order valence-electron chi connectivity index (χ4n) is 2.81. The Morgan fingerprint density at radius 2 is 1.68 bits per heavy atom.